The molecular weight excluding hydrogens is 186 g/mol. The van der Waals surface area contributed by atoms with E-state index in [1.807, 2.05) is 0 Å². The summed E-state index contributed by atoms with van der Waals surface area (Å²) in [7, 11) is 0. The number of anilines is 1. The Morgan fingerprint density at radius 3 is 3.00 bits per heavy atom. The van der Waals surface area contributed by atoms with Crippen LogP contribution in [0.25, 0.3) is 0 Å². The maximum absolute atomic E-state index is 5.58. The predicted molar refractivity (Wildman–Crippen MR) is 54.1 cm³/mol. The van der Waals surface area contributed by atoms with E-state index < -0.39 is 0 Å². The van der Waals surface area contributed by atoms with Crippen LogP contribution in [0, 0.1) is 0 Å². The molecule has 13 heavy (non-hydrogen) atoms. The van der Waals surface area contributed by atoms with Crippen molar-refractivity contribution in [3.05, 3.63) is 29.3 Å². The van der Waals surface area contributed by atoms with Crippen molar-refractivity contribution in [3.63, 3.8) is 0 Å². The Kier molecular flexibility index (Phi) is 2.71. The lowest BCUT2D eigenvalue weighted by molar-refractivity contribution is 0.134. The Labute approximate surface area is 82.9 Å². The van der Waals surface area contributed by atoms with Gasteiger partial charge in [0.1, 0.15) is 0 Å². The van der Waals surface area contributed by atoms with Crippen molar-refractivity contribution < 1.29 is 4.74 Å². The average Bonchev–Trinajstić information content (AvgIpc) is 2.61. The van der Waals surface area contributed by atoms with Gasteiger partial charge in [-0.05, 0) is 23.3 Å². The summed E-state index contributed by atoms with van der Waals surface area (Å²) in [5.74, 6) is 0.633. The van der Waals surface area contributed by atoms with Crippen LogP contribution in [-0.2, 0) is 18.0 Å². The molecule has 0 unspecified atom stereocenters. The largest absolute Gasteiger partial charge is 0.384 e. The SMILES string of the molecule is ClCCNc1ccc2c(c1)COC2. The van der Waals surface area contributed by atoms with Gasteiger partial charge >= 0.3 is 0 Å². The fourth-order valence-electron chi connectivity index (χ4n) is 1.47. The average molecular weight is 198 g/mol. The van der Waals surface area contributed by atoms with Crippen molar-refractivity contribution >= 4 is 17.3 Å². The third kappa shape index (κ3) is 1.95. The number of alkyl halides is 1. The topological polar surface area (TPSA) is 21.3 Å². The van der Waals surface area contributed by atoms with Gasteiger partial charge < -0.3 is 10.1 Å². The van der Waals surface area contributed by atoms with E-state index in [1.165, 1.54) is 11.1 Å². The van der Waals surface area contributed by atoms with Crippen molar-refractivity contribution in [3.8, 4) is 0 Å². The van der Waals surface area contributed by atoms with Crippen molar-refractivity contribution in [2.75, 3.05) is 17.7 Å². The first-order chi connectivity index (χ1) is 6.40. The van der Waals surface area contributed by atoms with Crippen LogP contribution in [0.3, 0.4) is 0 Å². The summed E-state index contributed by atoms with van der Waals surface area (Å²) in [6.45, 7) is 2.30. The van der Waals surface area contributed by atoms with E-state index in [-0.39, 0.29) is 0 Å². The molecule has 0 bridgehead atoms. The molecule has 0 radical (unpaired) electrons. The molecule has 70 valence electrons. The van der Waals surface area contributed by atoms with Crippen LogP contribution in [0.15, 0.2) is 18.2 Å². The van der Waals surface area contributed by atoms with Crippen LogP contribution >= 0.6 is 11.6 Å². The Morgan fingerprint density at radius 2 is 2.15 bits per heavy atom. The number of nitrogens with one attached hydrogen (secondary N) is 1. The van der Waals surface area contributed by atoms with Crippen LogP contribution in [-0.4, -0.2) is 12.4 Å². The molecule has 3 heteroatoms. The Balaban J connectivity index is 2.12. The zero-order valence-electron chi connectivity index (χ0n) is 7.35. The highest BCUT2D eigenvalue weighted by molar-refractivity contribution is 6.18. The minimum absolute atomic E-state index is 0.633. The number of ether oxygens (including phenoxy) is 1. The predicted octanol–water partition coefficient (Wildman–Crippen LogP) is 2.37. The Bertz CT molecular complexity index is 301. The maximum atomic E-state index is 5.58. The van der Waals surface area contributed by atoms with Gasteiger partial charge in [-0.15, -0.1) is 11.6 Å². The molecule has 1 N–H and O–H groups in total. The van der Waals surface area contributed by atoms with Gasteiger partial charge in [-0.25, -0.2) is 0 Å². The summed E-state index contributed by atoms with van der Waals surface area (Å²) in [5.41, 5.74) is 3.72. The number of halogens is 1. The Morgan fingerprint density at radius 1 is 1.31 bits per heavy atom. The van der Waals surface area contributed by atoms with Gasteiger partial charge in [-0.2, -0.15) is 0 Å². The molecule has 2 rings (SSSR count). The normalized spacial score (nSPS) is 14.2. The van der Waals surface area contributed by atoms with Gasteiger partial charge in [0.2, 0.25) is 0 Å². The second kappa shape index (κ2) is 3.99. The molecule has 1 aromatic rings. The Hall–Kier alpha value is -0.730. The summed E-state index contributed by atoms with van der Waals surface area (Å²) < 4.78 is 5.32. The number of hydrogen-bond acceptors (Lipinski definition) is 2. The van der Waals surface area contributed by atoms with Crippen molar-refractivity contribution in [1.29, 1.82) is 0 Å². The molecule has 0 saturated carbocycles. The van der Waals surface area contributed by atoms with E-state index >= 15 is 0 Å². The second-order valence-corrected chi connectivity index (χ2v) is 3.47. The zero-order chi connectivity index (χ0) is 9.10. The maximum Gasteiger partial charge on any atom is 0.0725 e. The summed E-state index contributed by atoms with van der Waals surface area (Å²) in [6, 6.07) is 6.31. The molecule has 1 aliphatic heterocycles. The number of rotatable bonds is 3. The van der Waals surface area contributed by atoms with E-state index in [2.05, 4.69) is 23.5 Å². The fraction of sp³-hybridized carbons (Fsp3) is 0.400. The first-order valence-corrected chi connectivity index (χ1v) is 4.93. The first-order valence-electron chi connectivity index (χ1n) is 4.39. The molecule has 0 fully saturated rings. The van der Waals surface area contributed by atoms with E-state index in [4.69, 9.17) is 16.3 Å². The summed E-state index contributed by atoms with van der Waals surface area (Å²) >= 11 is 5.58. The van der Waals surface area contributed by atoms with E-state index in [1.54, 1.807) is 0 Å². The lowest BCUT2D eigenvalue weighted by Crippen LogP contribution is -2.02. The molecule has 1 aromatic carbocycles. The lowest BCUT2D eigenvalue weighted by atomic mass is 10.1. The quantitative estimate of drug-likeness (QED) is 0.752. The number of benzene rings is 1. The fourth-order valence-corrected chi connectivity index (χ4v) is 1.57. The van der Waals surface area contributed by atoms with Gasteiger partial charge in [0.25, 0.3) is 0 Å². The summed E-state index contributed by atoms with van der Waals surface area (Å²) in [5, 5.41) is 3.24. The van der Waals surface area contributed by atoms with Crippen LogP contribution in [0.4, 0.5) is 5.69 Å². The highest BCUT2D eigenvalue weighted by Crippen LogP contribution is 2.22. The van der Waals surface area contributed by atoms with Gasteiger partial charge in [-0.1, -0.05) is 6.07 Å². The minimum atomic E-state index is 0.633. The monoisotopic (exact) mass is 197 g/mol. The van der Waals surface area contributed by atoms with Crippen LogP contribution in [0.1, 0.15) is 11.1 Å². The molecule has 0 atom stereocenters. The van der Waals surface area contributed by atoms with Gasteiger partial charge in [0.15, 0.2) is 0 Å². The molecule has 0 spiro atoms. The lowest BCUT2D eigenvalue weighted by Gasteiger charge is -2.05. The van der Waals surface area contributed by atoms with Crippen LogP contribution in [0.5, 0.6) is 0 Å². The van der Waals surface area contributed by atoms with Gasteiger partial charge in [-0.3, -0.25) is 0 Å². The summed E-state index contributed by atoms with van der Waals surface area (Å²) in [4.78, 5) is 0. The van der Waals surface area contributed by atoms with Crippen molar-refractivity contribution in [1.82, 2.24) is 0 Å². The number of fused-ring (bicyclic) bond motifs is 1. The molecule has 2 nitrogen and oxygen atoms in total. The standard InChI is InChI=1S/C10H12ClNO/c11-3-4-12-10-2-1-8-6-13-7-9(8)5-10/h1-2,5,12H,3-4,6-7H2. The summed E-state index contributed by atoms with van der Waals surface area (Å²) in [6.07, 6.45) is 0. The van der Waals surface area contributed by atoms with E-state index in [0.29, 0.717) is 5.88 Å². The molecule has 0 aliphatic carbocycles. The zero-order valence-corrected chi connectivity index (χ0v) is 8.10. The highest BCUT2D eigenvalue weighted by Gasteiger charge is 2.10. The molecule has 1 heterocycles. The number of hydrogen-bond donors (Lipinski definition) is 1. The van der Waals surface area contributed by atoms with Crippen molar-refractivity contribution in [2.45, 2.75) is 13.2 Å². The minimum Gasteiger partial charge on any atom is -0.384 e. The van der Waals surface area contributed by atoms with Gasteiger partial charge in [0, 0.05) is 18.1 Å². The first kappa shape index (κ1) is 8.85. The third-order valence-corrected chi connectivity index (χ3v) is 2.33. The van der Waals surface area contributed by atoms with Crippen LogP contribution in [0.2, 0.25) is 0 Å². The molecule has 0 aromatic heterocycles. The molecular formula is C10H12ClNO. The third-order valence-electron chi connectivity index (χ3n) is 2.15. The van der Waals surface area contributed by atoms with Crippen molar-refractivity contribution in [2.24, 2.45) is 0 Å². The molecule has 0 amide bonds. The van der Waals surface area contributed by atoms with E-state index in [9.17, 15) is 0 Å². The smallest absolute Gasteiger partial charge is 0.0725 e. The molecule has 0 saturated heterocycles. The van der Waals surface area contributed by atoms with E-state index in [0.717, 1.165) is 25.4 Å². The van der Waals surface area contributed by atoms with Crippen LogP contribution < -0.4 is 5.32 Å². The second-order valence-electron chi connectivity index (χ2n) is 3.09. The molecule has 1 aliphatic rings. The van der Waals surface area contributed by atoms with Gasteiger partial charge in [0.05, 0.1) is 13.2 Å². The highest BCUT2D eigenvalue weighted by atomic mass is 35.5.